The molecule has 0 aliphatic heterocycles. The molecule has 0 aliphatic carbocycles. The Morgan fingerprint density at radius 1 is 0.682 bits per heavy atom. The topological polar surface area (TPSA) is 61.8 Å². The Labute approximate surface area is 258 Å². The van der Waals surface area contributed by atoms with Crippen LogP contribution >= 0.6 is 0 Å². The molecule has 0 radical (unpaired) electrons. The molecule has 0 unspecified atom stereocenters. The van der Waals surface area contributed by atoms with Crippen LogP contribution in [0, 0.1) is 0 Å². The maximum Gasteiger partial charge on any atom is 0.305 e. The van der Waals surface area contributed by atoms with Gasteiger partial charge in [-0.3, -0.25) is 4.79 Å². The van der Waals surface area contributed by atoms with Crippen molar-refractivity contribution in [3.63, 3.8) is 0 Å². The van der Waals surface area contributed by atoms with Crippen molar-refractivity contribution in [3.05, 3.63) is 128 Å². The van der Waals surface area contributed by atoms with Gasteiger partial charge in [-0.25, -0.2) is 0 Å². The number of allylic oxidation sites excluding steroid dienone is 2. The van der Waals surface area contributed by atoms with Crippen molar-refractivity contribution < 1.29 is 32.6 Å². The van der Waals surface area contributed by atoms with Crippen molar-refractivity contribution >= 4 is 12.6 Å². The van der Waals surface area contributed by atoms with Gasteiger partial charge in [0.05, 0.1) is 14.2 Å². The monoisotopic (exact) mass is 600 g/mol. The normalized spacial score (nSPS) is 9.16. The summed E-state index contributed by atoms with van der Waals surface area (Å²) in [5.41, 5.74) is 6.00. The molecule has 0 heterocycles. The second-order valence-electron chi connectivity index (χ2n) is 8.88. The van der Waals surface area contributed by atoms with Crippen LogP contribution < -0.4 is 14.2 Å². The number of ether oxygens (including phenoxy) is 3. The Morgan fingerprint density at radius 3 is 1.39 bits per heavy atom. The molecule has 0 atom stereocenters. The minimum absolute atomic E-state index is 0.341. The summed E-state index contributed by atoms with van der Waals surface area (Å²) in [4.78, 5) is 18.2. The number of rotatable bonds is 8. The molecular weight excluding hydrogens is 562 g/mol. The molecule has 0 saturated carbocycles. The van der Waals surface area contributed by atoms with Crippen molar-refractivity contribution in [3.8, 4) is 50.6 Å². The number of halogens is 2. The molecule has 0 amide bonds. The molecule has 0 saturated heterocycles. The predicted octanol–water partition coefficient (Wildman–Crippen LogP) is 9.98. The zero-order valence-corrected chi connectivity index (χ0v) is 25.7. The van der Waals surface area contributed by atoms with E-state index in [1.807, 2.05) is 91.9 Å². The molecule has 0 aliphatic rings. The Hall–Kier alpha value is -5.30. The SMILES string of the molecule is C=C(C)C=O.C=CC.CC=O.COc1ccc(-c2ccc(-c3ccc(-c4ccc(OC)cc4)cc3OC=C(F)F)cc2)cc1. The van der Waals surface area contributed by atoms with Crippen LogP contribution in [0.5, 0.6) is 17.2 Å². The summed E-state index contributed by atoms with van der Waals surface area (Å²) in [6.07, 6.45) is 1.79. The largest absolute Gasteiger partial charge is 0.497 e. The third kappa shape index (κ3) is 12.7. The van der Waals surface area contributed by atoms with Crippen molar-refractivity contribution in [2.45, 2.75) is 20.8 Å². The molecule has 44 heavy (non-hydrogen) atoms. The quantitative estimate of drug-likeness (QED) is 0.0872. The van der Waals surface area contributed by atoms with Crippen molar-refractivity contribution in [2.75, 3.05) is 14.2 Å². The van der Waals surface area contributed by atoms with E-state index in [1.165, 1.54) is 6.92 Å². The highest BCUT2D eigenvalue weighted by Crippen LogP contribution is 2.36. The van der Waals surface area contributed by atoms with E-state index in [4.69, 9.17) is 19.0 Å². The number of hydrogen-bond donors (Lipinski definition) is 0. The fraction of sp³-hybridized carbons (Fsp3) is 0.135. The van der Waals surface area contributed by atoms with E-state index in [2.05, 4.69) is 13.2 Å². The van der Waals surface area contributed by atoms with Gasteiger partial charge in [-0.15, -0.1) is 6.58 Å². The van der Waals surface area contributed by atoms with E-state index in [0.717, 1.165) is 51.9 Å². The van der Waals surface area contributed by atoms with Crippen LogP contribution in [0.4, 0.5) is 8.78 Å². The van der Waals surface area contributed by atoms with Crippen molar-refractivity contribution in [1.29, 1.82) is 0 Å². The van der Waals surface area contributed by atoms with Crippen LogP contribution in [-0.2, 0) is 9.59 Å². The first-order valence-electron chi connectivity index (χ1n) is 13.5. The van der Waals surface area contributed by atoms with E-state index in [-0.39, 0.29) is 0 Å². The smallest absolute Gasteiger partial charge is 0.305 e. The Bertz CT molecular complexity index is 1480. The molecule has 0 fully saturated rings. The van der Waals surface area contributed by atoms with E-state index < -0.39 is 6.08 Å². The molecule has 0 aromatic heterocycles. The Morgan fingerprint density at radius 2 is 1.02 bits per heavy atom. The summed E-state index contributed by atoms with van der Waals surface area (Å²) in [7, 11) is 3.24. The number of benzene rings is 4. The molecule has 7 heteroatoms. The molecular formula is C37H38F2O5. The number of hydrogen-bond acceptors (Lipinski definition) is 5. The predicted molar refractivity (Wildman–Crippen MR) is 175 cm³/mol. The first-order valence-corrected chi connectivity index (χ1v) is 13.5. The number of carbonyl (C=O) groups is 2. The van der Waals surface area contributed by atoms with Crippen LogP contribution in [0.1, 0.15) is 20.8 Å². The van der Waals surface area contributed by atoms with Gasteiger partial charge in [-0.1, -0.05) is 73.3 Å². The summed E-state index contributed by atoms with van der Waals surface area (Å²) in [6.45, 7) is 11.7. The first kappa shape index (κ1) is 36.7. The second-order valence-corrected chi connectivity index (χ2v) is 8.88. The summed E-state index contributed by atoms with van der Waals surface area (Å²) < 4.78 is 41.3. The number of carbonyl (C=O) groups excluding carboxylic acids is 2. The zero-order chi connectivity index (χ0) is 32.9. The van der Waals surface area contributed by atoms with Crippen LogP contribution in [0.25, 0.3) is 33.4 Å². The van der Waals surface area contributed by atoms with Crippen LogP contribution in [0.15, 0.2) is 128 Å². The first-order chi connectivity index (χ1) is 21.2. The molecule has 0 N–H and O–H groups in total. The van der Waals surface area contributed by atoms with Crippen LogP contribution in [-0.4, -0.2) is 26.8 Å². The van der Waals surface area contributed by atoms with Gasteiger partial charge < -0.3 is 19.0 Å². The van der Waals surface area contributed by atoms with Gasteiger partial charge in [0.15, 0.2) is 6.26 Å². The van der Waals surface area contributed by atoms with E-state index in [9.17, 15) is 13.6 Å². The number of aldehydes is 2. The third-order valence-corrected chi connectivity index (χ3v) is 5.50. The molecule has 4 aromatic carbocycles. The van der Waals surface area contributed by atoms with Gasteiger partial charge in [0.2, 0.25) is 0 Å². The van der Waals surface area contributed by atoms with Crippen LogP contribution in [0.3, 0.4) is 0 Å². The second kappa shape index (κ2) is 20.6. The molecule has 0 bridgehead atoms. The van der Waals surface area contributed by atoms with E-state index in [1.54, 1.807) is 33.3 Å². The highest BCUT2D eigenvalue weighted by molar-refractivity contribution is 5.78. The fourth-order valence-electron chi connectivity index (χ4n) is 3.56. The Kier molecular flexibility index (Phi) is 17.2. The third-order valence-electron chi connectivity index (χ3n) is 5.50. The summed E-state index contributed by atoms with van der Waals surface area (Å²) in [6, 6.07) is 28.8. The highest BCUT2D eigenvalue weighted by Gasteiger charge is 2.10. The summed E-state index contributed by atoms with van der Waals surface area (Å²) in [5, 5.41) is 0. The lowest BCUT2D eigenvalue weighted by Crippen LogP contribution is -1.90. The minimum Gasteiger partial charge on any atom is -0.497 e. The average molecular weight is 601 g/mol. The minimum atomic E-state index is -1.90. The lowest BCUT2D eigenvalue weighted by atomic mass is 9.97. The molecule has 0 spiro atoms. The fourth-order valence-corrected chi connectivity index (χ4v) is 3.56. The highest BCUT2D eigenvalue weighted by atomic mass is 19.3. The molecule has 230 valence electrons. The van der Waals surface area contributed by atoms with Crippen molar-refractivity contribution in [1.82, 2.24) is 0 Å². The molecule has 4 rings (SSSR count). The van der Waals surface area contributed by atoms with Gasteiger partial charge in [0.1, 0.15) is 29.8 Å². The lowest BCUT2D eigenvalue weighted by Gasteiger charge is -2.12. The summed E-state index contributed by atoms with van der Waals surface area (Å²) in [5.74, 6) is 1.88. The molecule has 5 nitrogen and oxygen atoms in total. The number of methoxy groups -OCH3 is 2. The van der Waals surface area contributed by atoms with E-state index in [0.29, 0.717) is 23.1 Å². The maximum absolute atomic E-state index is 12.8. The van der Waals surface area contributed by atoms with Gasteiger partial charge >= 0.3 is 6.08 Å². The standard InChI is InChI=1S/C28H22F2O3.C4H6O.C3H6.C2H4O/c1-31-24-12-7-20(8-13-24)19-3-5-22(6-4-19)26-16-11-23(17-27(26)33-18-28(29)30)21-9-14-25(32-2)15-10-21;1-4(2)3-5;1-3-2;1-2-3/h3-18H,1-2H3;3H,1H2,2H3;3H,1H2,2H3;2H,1H3. The van der Waals surface area contributed by atoms with Crippen LogP contribution in [0.2, 0.25) is 0 Å². The van der Waals surface area contributed by atoms with E-state index >= 15 is 0 Å². The maximum atomic E-state index is 12.8. The van der Waals surface area contributed by atoms with Gasteiger partial charge in [-0.05, 0) is 84.5 Å². The lowest BCUT2D eigenvalue weighted by molar-refractivity contribution is -0.106. The zero-order valence-electron chi connectivity index (χ0n) is 25.7. The van der Waals surface area contributed by atoms with Gasteiger partial charge in [0, 0.05) is 5.56 Å². The van der Waals surface area contributed by atoms with Crippen molar-refractivity contribution in [2.24, 2.45) is 0 Å². The van der Waals surface area contributed by atoms with Gasteiger partial charge in [-0.2, -0.15) is 8.78 Å². The molecule has 4 aromatic rings. The summed E-state index contributed by atoms with van der Waals surface area (Å²) >= 11 is 0. The van der Waals surface area contributed by atoms with Gasteiger partial charge in [0.25, 0.3) is 0 Å². The Balaban J connectivity index is 0.000000764. The average Bonchev–Trinajstić information content (AvgIpc) is 3.05.